The molecule has 2 heteroatoms. The molecule has 0 bridgehead atoms. The van der Waals surface area contributed by atoms with Gasteiger partial charge in [0, 0.05) is 19.2 Å². The van der Waals surface area contributed by atoms with Gasteiger partial charge in [-0.05, 0) is 37.5 Å². The summed E-state index contributed by atoms with van der Waals surface area (Å²) in [4.78, 5) is 0. The van der Waals surface area contributed by atoms with Crippen LogP contribution in [0.4, 0.5) is 0 Å². The summed E-state index contributed by atoms with van der Waals surface area (Å²) in [5.74, 6) is 2.10. The maximum atomic E-state index is 5.61. The van der Waals surface area contributed by atoms with E-state index in [9.17, 15) is 0 Å². The van der Waals surface area contributed by atoms with Gasteiger partial charge in [-0.3, -0.25) is 0 Å². The van der Waals surface area contributed by atoms with E-state index in [4.69, 9.17) is 4.74 Å². The van der Waals surface area contributed by atoms with Gasteiger partial charge >= 0.3 is 0 Å². The molecular weight excluding hydrogens is 222 g/mol. The third-order valence-electron chi connectivity index (χ3n) is 4.86. The van der Waals surface area contributed by atoms with Crippen molar-refractivity contribution in [3.63, 3.8) is 0 Å². The number of rotatable bonds is 7. The predicted molar refractivity (Wildman–Crippen MR) is 76.8 cm³/mol. The fraction of sp³-hybridized carbons (Fsp3) is 1.00. The van der Waals surface area contributed by atoms with Gasteiger partial charge in [0.1, 0.15) is 0 Å². The van der Waals surface area contributed by atoms with E-state index in [1.54, 1.807) is 0 Å². The first-order valence-corrected chi connectivity index (χ1v) is 8.21. The zero-order valence-electron chi connectivity index (χ0n) is 12.1. The molecule has 2 aliphatic rings. The molecule has 0 spiro atoms. The molecular formula is C16H31NO. The topological polar surface area (TPSA) is 21.3 Å². The third-order valence-corrected chi connectivity index (χ3v) is 4.86. The molecule has 2 aliphatic carbocycles. The van der Waals surface area contributed by atoms with Crippen LogP contribution in [0.25, 0.3) is 0 Å². The summed E-state index contributed by atoms with van der Waals surface area (Å²) in [6, 6.07) is 0.777. The van der Waals surface area contributed by atoms with Crippen molar-refractivity contribution < 1.29 is 4.74 Å². The van der Waals surface area contributed by atoms with E-state index in [1.165, 1.54) is 57.8 Å². The van der Waals surface area contributed by atoms with E-state index in [2.05, 4.69) is 12.2 Å². The van der Waals surface area contributed by atoms with E-state index >= 15 is 0 Å². The summed E-state index contributed by atoms with van der Waals surface area (Å²) in [5, 5.41) is 3.71. The summed E-state index contributed by atoms with van der Waals surface area (Å²) in [7, 11) is 0. The Hall–Kier alpha value is -0.0800. The fourth-order valence-corrected chi connectivity index (χ4v) is 3.74. The Kier molecular flexibility index (Phi) is 6.50. The van der Waals surface area contributed by atoms with Crippen molar-refractivity contribution >= 4 is 0 Å². The Morgan fingerprint density at radius 2 is 1.83 bits per heavy atom. The molecule has 3 unspecified atom stereocenters. The zero-order chi connectivity index (χ0) is 12.6. The van der Waals surface area contributed by atoms with Crippen molar-refractivity contribution in [2.24, 2.45) is 11.8 Å². The molecule has 2 nitrogen and oxygen atoms in total. The number of hydrogen-bond donors (Lipinski definition) is 1. The minimum Gasteiger partial charge on any atom is -0.380 e. The fourth-order valence-electron chi connectivity index (χ4n) is 3.74. The lowest BCUT2D eigenvalue weighted by Crippen LogP contribution is -2.40. The maximum absolute atomic E-state index is 5.61. The van der Waals surface area contributed by atoms with Crippen molar-refractivity contribution in [3.05, 3.63) is 0 Å². The molecule has 0 saturated heterocycles. The van der Waals surface area contributed by atoms with Gasteiger partial charge in [0.2, 0.25) is 0 Å². The Labute approximate surface area is 113 Å². The van der Waals surface area contributed by atoms with Crippen LogP contribution in [0.2, 0.25) is 0 Å². The first kappa shape index (κ1) is 14.3. The molecule has 0 aliphatic heterocycles. The summed E-state index contributed by atoms with van der Waals surface area (Å²) >= 11 is 0. The van der Waals surface area contributed by atoms with Gasteiger partial charge in [-0.1, -0.05) is 39.0 Å². The SMILES string of the molecule is CCCCOCCNC1CCC2CCCCC2C1. The molecule has 2 rings (SSSR count). The molecule has 1 N–H and O–H groups in total. The van der Waals surface area contributed by atoms with Crippen molar-refractivity contribution in [3.8, 4) is 0 Å². The monoisotopic (exact) mass is 253 g/mol. The lowest BCUT2D eigenvalue weighted by molar-refractivity contribution is 0.115. The lowest BCUT2D eigenvalue weighted by atomic mass is 9.69. The van der Waals surface area contributed by atoms with Crippen LogP contribution in [-0.2, 0) is 4.74 Å². The lowest BCUT2D eigenvalue weighted by Gasteiger charge is -2.39. The highest BCUT2D eigenvalue weighted by molar-refractivity contribution is 4.86. The molecule has 2 fully saturated rings. The highest BCUT2D eigenvalue weighted by atomic mass is 16.5. The second kappa shape index (κ2) is 8.16. The highest BCUT2D eigenvalue weighted by Gasteiger charge is 2.31. The van der Waals surface area contributed by atoms with Gasteiger partial charge in [-0.25, -0.2) is 0 Å². The largest absolute Gasteiger partial charge is 0.380 e. The number of ether oxygens (including phenoxy) is 1. The molecule has 0 radical (unpaired) electrons. The van der Waals surface area contributed by atoms with Gasteiger partial charge < -0.3 is 10.1 Å². The molecule has 0 aromatic rings. The standard InChI is InChI=1S/C16H31NO/c1-2-3-11-18-12-10-17-16-9-8-14-6-4-5-7-15(14)13-16/h14-17H,2-13H2,1H3. The number of nitrogens with one attached hydrogen (secondary N) is 1. The summed E-state index contributed by atoms with van der Waals surface area (Å²) in [5.41, 5.74) is 0. The Morgan fingerprint density at radius 1 is 1.00 bits per heavy atom. The van der Waals surface area contributed by atoms with Gasteiger partial charge in [-0.2, -0.15) is 0 Å². The van der Waals surface area contributed by atoms with Crippen molar-refractivity contribution in [2.75, 3.05) is 19.8 Å². The molecule has 0 aromatic heterocycles. The quantitative estimate of drug-likeness (QED) is 0.698. The molecule has 0 heterocycles. The predicted octanol–water partition coefficient (Wildman–Crippen LogP) is 3.75. The number of fused-ring (bicyclic) bond motifs is 1. The zero-order valence-corrected chi connectivity index (χ0v) is 12.1. The smallest absolute Gasteiger partial charge is 0.0590 e. The summed E-state index contributed by atoms with van der Waals surface area (Å²) in [6.45, 7) is 5.09. The third kappa shape index (κ3) is 4.55. The second-order valence-corrected chi connectivity index (χ2v) is 6.23. The van der Waals surface area contributed by atoms with Crippen molar-refractivity contribution in [1.82, 2.24) is 5.32 Å². The van der Waals surface area contributed by atoms with Crippen LogP contribution < -0.4 is 5.32 Å². The molecule has 18 heavy (non-hydrogen) atoms. The van der Waals surface area contributed by atoms with Crippen LogP contribution in [0.15, 0.2) is 0 Å². The van der Waals surface area contributed by atoms with Gasteiger partial charge in [0.25, 0.3) is 0 Å². The molecule has 0 amide bonds. The molecule has 2 saturated carbocycles. The Morgan fingerprint density at radius 3 is 2.67 bits per heavy atom. The first-order valence-electron chi connectivity index (χ1n) is 8.21. The minimum absolute atomic E-state index is 0.777. The molecule has 3 atom stereocenters. The average molecular weight is 253 g/mol. The minimum atomic E-state index is 0.777. The average Bonchev–Trinajstić information content (AvgIpc) is 2.42. The second-order valence-electron chi connectivity index (χ2n) is 6.23. The van der Waals surface area contributed by atoms with Gasteiger partial charge in [0.05, 0.1) is 6.61 Å². The summed E-state index contributed by atoms with van der Waals surface area (Å²) < 4.78 is 5.61. The van der Waals surface area contributed by atoms with Crippen LogP contribution in [0.5, 0.6) is 0 Å². The van der Waals surface area contributed by atoms with E-state index in [1.807, 2.05) is 0 Å². The first-order chi connectivity index (χ1) is 8.90. The van der Waals surface area contributed by atoms with Crippen molar-refractivity contribution in [1.29, 1.82) is 0 Å². The Bertz CT molecular complexity index is 219. The summed E-state index contributed by atoms with van der Waals surface area (Å²) in [6.07, 6.45) is 12.7. The number of hydrogen-bond acceptors (Lipinski definition) is 2. The van der Waals surface area contributed by atoms with Gasteiger partial charge in [0.15, 0.2) is 0 Å². The van der Waals surface area contributed by atoms with E-state index < -0.39 is 0 Å². The van der Waals surface area contributed by atoms with Crippen LogP contribution in [0.1, 0.15) is 64.7 Å². The highest BCUT2D eigenvalue weighted by Crippen LogP contribution is 2.40. The van der Waals surface area contributed by atoms with E-state index in [0.29, 0.717) is 0 Å². The maximum Gasteiger partial charge on any atom is 0.0590 e. The van der Waals surface area contributed by atoms with Crippen LogP contribution in [0.3, 0.4) is 0 Å². The molecule has 0 aromatic carbocycles. The number of unbranched alkanes of at least 4 members (excludes halogenated alkanes) is 1. The normalized spacial score (nSPS) is 32.2. The Balaban J connectivity index is 1.54. The molecule has 106 valence electrons. The van der Waals surface area contributed by atoms with Crippen LogP contribution in [0, 0.1) is 11.8 Å². The van der Waals surface area contributed by atoms with E-state index in [-0.39, 0.29) is 0 Å². The van der Waals surface area contributed by atoms with Gasteiger partial charge in [-0.15, -0.1) is 0 Å². The van der Waals surface area contributed by atoms with Crippen LogP contribution in [-0.4, -0.2) is 25.8 Å². The van der Waals surface area contributed by atoms with E-state index in [0.717, 1.165) is 37.6 Å². The van der Waals surface area contributed by atoms with Crippen molar-refractivity contribution in [2.45, 2.75) is 70.8 Å². The van der Waals surface area contributed by atoms with Crippen LogP contribution >= 0.6 is 0 Å².